The number of carbonyl (C=O) groups excluding carboxylic acids is 1. The van der Waals surface area contributed by atoms with Crippen molar-refractivity contribution in [2.45, 2.75) is 57.5 Å². The van der Waals surface area contributed by atoms with Gasteiger partial charge in [0, 0.05) is 13.1 Å². The van der Waals surface area contributed by atoms with Crippen LogP contribution in [0.2, 0.25) is 0 Å². The second-order valence-electron chi connectivity index (χ2n) is 9.89. The molecule has 35 heavy (non-hydrogen) atoms. The molecule has 0 aromatic heterocycles. The topological polar surface area (TPSA) is 103 Å². The molecule has 0 spiro atoms. The molecule has 7 heteroatoms. The van der Waals surface area contributed by atoms with Crippen LogP contribution in [0.5, 0.6) is 0 Å². The number of nitrogens with one attached hydrogen (secondary N) is 3. The lowest BCUT2D eigenvalue weighted by molar-refractivity contribution is -0.122. The van der Waals surface area contributed by atoms with Gasteiger partial charge in [-0.05, 0) is 49.1 Å². The number of rotatable bonds is 12. The Hall–Kier alpha value is -2.90. The van der Waals surface area contributed by atoms with Crippen molar-refractivity contribution in [2.75, 3.05) is 26.4 Å². The lowest BCUT2D eigenvalue weighted by Gasteiger charge is -2.35. The van der Waals surface area contributed by atoms with Gasteiger partial charge in [-0.15, -0.1) is 0 Å². The molecule has 0 saturated carbocycles. The Morgan fingerprint density at radius 1 is 1.14 bits per heavy atom. The van der Waals surface area contributed by atoms with Gasteiger partial charge in [-0.25, -0.2) is 0 Å². The maximum atomic E-state index is 12.3. The van der Waals surface area contributed by atoms with Gasteiger partial charge in [0.2, 0.25) is 5.91 Å². The van der Waals surface area contributed by atoms with Crippen molar-refractivity contribution in [2.24, 2.45) is 11.7 Å². The third-order valence-electron chi connectivity index (χ3n) is 6.53. The smallest absolute Gasteiger partial charge is 0.237 e. The summed E-state index contributed by atoms with van der Waals surface area (Å²) in [5.74, 6) is 0.838. The molecule has 1 saturated heterocycles. The molecular weight excluding hydrogens is 438 g/mol. The zero-order valence-corrected chi connectivity index (χ0v) is 21.1. The summed E-state index contributed by atoms with van der Waals surface area (Å²) in [6.07, 6.45) is 4.13. The first-order valence-corrected chi connectivity index (χ1v) is 12.7. The largest absolute Gasteiger partial charge is 0.358 e. The van der Waals surface area contributed by atoms with E-state index in [9.17, 15) is 4.79 Å². The fourth-order valence-corrected chi connectivity index (χ4v) is 4.37. The van der Waals surface area contributed by atoms with Gasteiger partial charge in [-0.3, -0.25) is 10.2 Å². The lowest BCUT2D eigenvalue weighted by atomic mass is 9.84. The van der Waals surface area contributed by atoms with Gasteiger partial charge in [0.05, 0.1) is 18.2 Å². The highest BCUT2D eigenvalue weighted by molar-refractivity contribution is 5.81. The standard InChI is InChI=1S/C28H41N5O2/c1-22(2)15-16-28(24-13-7-4-8-14-24)20-35-21-33(27(30)32-28)18-10-9-17-31-26(34)25(29)19-23-11-5-3-6-12-23/h3-8,11-14,22,25H,9-10,15-21,29H2,1-2H3,(H2,30,32)(H,31,34)/t25-,28?/m0/s1. The van der Waals surface area contributed by atoms with E-state index in [2.05, 4.69) is 36.6 Å². The number of benzene rings is 2. The molecule has 5 N–H and O–H groups in total. The first-order valence-electron chi connectivity index (χ1n) is 12.7. The average Bonchev–Trinajstić information content (AvgIpc) is 3.02. The molecule has 1 heterocycles. The zero-order chi connectivity index (χ0) is 25.1. The Morgan fingerprint density at radius 3 is 2.51 bits per heavy atom. The first kappa shape index (κ1) is 26.7. The Balaban J connectivity index is 1.45. The van der Waals surface area contributed by atoms with Crippen LogP contribution in [0.3, 0.4) is 0 Å². The third-order valence-corrected chi connectivity index (χ3v) is 6.53. The fourth-order valence-electron chi connectivity index (χ4n) is 4.37. The molecule has 1 aliphatic heterocycles. The maximum Gasteiger partial charge on any atom is 0.237 e. The van der Waals surface area contributed by atoms with Crippen LogP contribution >= 0.6 is 0 Å². The van der Waals surface area contributed by atoms with Gasteiger partial charge in [0.1, 0.15) is 6.73 Å². The van der Waals surface area contributed by atoms with Gasteiger partial charge >= 0.3 is 0 Å². The fraction of sp³-hybridized carbons (Fsp3) is 0.500. The molecule has 190 valence electrons. The predicted molar refractivity (Wildman–Crippen MR) is 141 cm³/mol. The van der Waals surface area contributed by atoms with E-state index < -0.39 is 11.6 Å². The number of unbranched alkanes of at least 4 members (excludes halogenated alkanes) is 1. The van der Waals surface area contributed by atoms with E-state index in [1.165, 1.54) is 0 Å². The minimum atomic E-state index is -0.550. The van der Waals surface area contributed by atoms with E-state index in [4.69, 9.17) is 15.9 Å². The van der Waals surface area contributed by atoms with Crippen molar-refractivity contribution in [3.8, 4) is 0 Å². The second-order valence-corrected chi connectivity index (χ2v) is 9.89. The summed E-state index contributed by atoms with van der Waals surface area (Å²) in [6.45, 7) is 6.61. The monoisotopic (exact) mass is 479 g/mol. The number of nitrogens with zero attached hydrogens (tertiary/aromatic N) is 1. The van der Waals surface area contributed by atoms with Crippen molar-refractivity contribution in [1.82, 2.24) is 15.5 Å². The van der Waals surface area contributed by atoms with Crippen LogP contribution in [0.1, 0.15) is 50.7 Å². The highest BCUT2D eigenvalue weighted by Gasteiger charge is 2.36. The summed E-state index contributed by atoms with van der Waals surface area (Å²) in [6, 6.07) is 19.6. The summed E-state index contributed by atoms with van der Waals surface area (Å²) in [7, 11) is 0. The molecule has 3 rings (SSSR count). The molecule has 1 aliphatic rings. The molecule has 0 aliphatic carbocycles. The number of guanidine groups is 1. The molecule has 1 amide bonds. The van der Waals surface area contributed by atoms with E-state index in [0.29, 0.717) is 44.7 Å². The minimum absolute atomic E-state index is 0.126. The zero-order valence-electron chi connectivity index (χ0n) is 21.1. The molecular formula is C28H41N5O2. The van der Waals surface area contributed by atoms with Crippen LogP contribution in [0.4, 0.5) is 0 Å². The summed E-state index contributed by atoms with van der Waals surface area (Å²) in [5.41, 5.74) is 7.87. The van der Waals surface area contributed by atoms with Crippen molar-refractivity contribution in [3.05, 3.63) is 71.8 Å². The van der Waals surface area contributed by atoms with Crippen LogP contribution in [0, 0.1) is 11.3 Å². The van der Waals surface area contributed by atoms with Crippen LogP contribution in [0.25, 0.3) is 0 Å². The molecule has 2 aromatic rings. The molecule has 0 bridgehead atoms. The Morgan fingerprint density at radius 2 is 1.83 bits per heavy atom. The molecule has 1 fully saturated rings. The van der Waals surface area contributed by atoms with Crippen molar-refractivity contribution in [1.29, 1.82) is 5.41 Å². The Labute approximate surface area is 209 Å². The predicted octanol–water partition coefficient (Wildman–Crippen LogP) is 3.60. The number of nitrogens with two attached hydrogens (primary N) is 1. The third kappa shape index (κ3) is 8.08. The number of hydrogen-bond donors (Lipinski definition) is 4. The van der Waals surface area contributed by atoms with E-state index in [1.54, 1.807) is 0 Å². The van der Waals surface area contributed by atoms with E-state index in [0.717, 1.165) is 36.8 Å². The number of amides is 1. The highest BCUT2D eigenvalue weighted by Crippen LogP contribution is 2.30. The van der Waals surface area contributed by atoms with Crippen LogP contribution < -0.4 is 16.4 Å². The minimum Gasteiger partial charge on any atom is -0.358 e. The van der Waals surface area contributed by atoms with Crippen LogP contribution in [-0.4, -0.2) is 49.2 Å². The SMILES string of the molecule is CC(C)CCC1(c2ccccc2)COCN(CCCCNC(=O)[C@@H](N)Cc2ccccc2)C(=N)N1. The summed E-state index contributed by atoms with van der Waals surface area (Å²) in [4.78, 5) is 14.2. The van der Waals surface area contributed by atoms with E-state index >= 15 is 0 Å². The second kappa shape index (κ2) is 13.3. The molecule has 2 aromatic carbocycles. The molecule has 7 nitrogen and oxygen atoms in total. The average molecular weight is 480 g/mol. The summed E-state index contributed by atoms with van der Waals surface area (Å²) < 4.78 is 6.10. The van der Waals surface area contributed by atoms with Crippen molar-refractivity contribution >= 4 is 11.9 Å². The Bertz CT molecular complexity index is 921. The highest BCUT2D eigenvalue weighted by atomic mass is 16.5. The van der Waals surface area contributed by atoms with E-state index in [1.807, 2.05) is 53.4 Å². The summed E-state index contributed by atoms with van der Waals surface area (Å²) >= 11 is 0. The number of hydrogen-bond acceptors (Lipinski definition) is 4. The number of carbonyl (C=O) groups is 1. The van der Waals surface area contributed by atoms with Crippen molar-refractivity contribution < 1.29 is 9.53 Å². The quantitative estimate of drug-likeness (QED) is 0.348. The van der Waals surface area contributed by atoms with Gasteiger partial charge < -0.3 is 26.0 Å². The van der Waals surface area contributed by atoms with Gasteiger partial charge in [-0.2, -0.15) is 0 Å². The van der Waals surface area contributed by atoms with E-state index in [-0.39, 0.29) is 5.91 Å². The van der Waals surface area contributed by atoms with Gasteiger partial charge in [-0.1, -0.05) is 74.5 Å². The van der Waals surface area contributed by atoms with Gasteiger partial charge in [0.15, 0.2) is 5.96 Å². The van der Waals surface area contributed by atoms with Gasteiger partial charge in [0.25, 0.3) is 0 Å². The molecule has 2 atom stereocenters. The molecule has 1 unspecified atom stereocenters. The summed E-state index contributed by atoms with van der Waals surface area (Å²) in [5, 5.41) is 15.2. The number of ether oxygens (including phenoxy) is 1. The van der Waals surface area contributed by atoms with Crippen LogP contribution in [-0.2, 0) is 21.5 Å². The maximum absolute atomic E-state index is 12.3. The normalized spacial score (nSPS) is 19.2. The van der Waals surface area contributed by atoms with Crippen LogP contribution in [0.15, 0.2) is 60.7 Å². The molecule has 0 radical (unpaired) electrons. The Kier molecular flexibility index (Phi) is 10.1. The van der Waals surface area contributed by atoms with Crippen molar-refractivity contribution in [3.63, 3.8) is 0 Å². The lowest BCUT2D eigenvalue weighted by Crippen LogP contribution is -2.51. The first-order chi connectivity index (χ1) is 16.9.